The van der Waals surface area contributed by atoms with E-state index in [1.807, 2.05) is 5.32 Å². The number of hydrogen-bond donors (Lipinski definition) is 2. The molecule has 2 rings (SSSR count). The summed E-state index contributed by atoms with van der Waals surface area (Å²) in [5, 5.41) is 2.87. The summed E-state index contributed by atoms with van der Waals surface area (Å²) < 4.78 is 115. The van der Waals surface area contributed by atoms with E-state index in [9.17, 15) is 26.3 Å². The number of alkyl halides is 6. The predicted octanol–water partition coefficient (Wildman–Crippen LogP) is 4.31. The van der Waals surface area contributed by atoms with Crippen molar-refractivity contribution in [3.05, 3.63) is 23.3 Å². The molecule has 2 heterocycles. The molecule has 2 aromatic rings. The second kappa shape index (κ2) is 7.71. The van der Waals surface area contributed by atoms with Gasteiger partial charge in [0.1, 0.15) is 22.9 Å². The highest BCUT2D eigenvalue weighted by Gasteiger charge is 2.38. The van der Waals surface area contributed by atoms with Gasteiger partial charge in [0.2, 0.25) is 11.9 Å². The molecule has 0 unspecified atom stereocenters. The minimum atomic E-state index is -5.30. The molecule has 0 saturated heterocycles. The summed E-state index contributed by atoms with van der Waals surface area (Å²) in [7, 11) is 0. The average Bonchev–Trinajstić information content (AvgIpc) is 2.61. The summed E-state index contributed by atoms with van der Waals surface area (Å²) >= 11 is 5.70. The molecule has 0 aromatic carbocycles. The number of nitrogens with one attached hydrogen (secondary N) is 2. The van der Waals surface area contributed by atoms with E-state index < -0.39 is 66.2 Å². The molecule has 2 N–H and O–H groups in total. The first-order valence-electron chi connectivity index (χ1n) is 9.46. The Balaban J connectivity index is 2.61. The monoisotopic (exact) mass is 419 g/mol. The van der Waals surface area contributed by atoms with Crippen LogP contribution in [0.5, 0.6) is 0 Å². The lowest BCUT2D eigenvalue weighted by atomic mass is 10.3. The Morgan fingerprint density at radius 3 is 2.04 bits per heavy atom. The van der Waals surface area contributed by atoms with Crippen LogP contribution in [-0.2, 0) is 0 Å². The lowest BCUT2D eigenvalue weighted by Crippen LogP contribution is -2.35. The predicted molar refractivity (Wildman–Crippen MR) is 86.3 cm³/mol. The highest BCUT2D eigenvalue weighted by molar-refractivity contribution is 6.29. The zero-order chi connectivity index (χ0) is 24.6. The van der Waals surface area contributed by atoms with Gasteiger partial charge < -0.3 is 10.6 Å². The van der Waals surface area contributed by atoms with Crippen LogP contribution in [0, 0.1) is 0 Å². The molecule has 0 radical (unpaired) electrons. The van der Waals surface area contributed by atoms with Crippen LogP contribution in [0.2, 0.25) is 5.15 Å². The van der Waals surface area contributed by atoms with Crippen LogP contribution < -0.4 is 10.6 Å². The van der Waals surface area contributed by atoms with Crippen molar-refractivity contribution in [1.29, 1.82) is 0 Å². The molecule has 0 bridgehead atoms. The van der Waals surface area contributed by atoms with Crippen molar-refractivity contribution >= 4 is 23.5 Å². The van der Waals surface area contributed by atoms with Gasteiger partial charge in [-0.15, -0.1) is 0 Å². The molecule has 0 saturated carbocycles. The minimum Gasteiger partial charge on any atom is -0.343 e. The number of pyridine rings is 1. The molecule has 0 aliphatic rings. The van der Waals surface area contributed by atoms with Crippen molar-refractivity contribution in [2.24, 2.45) is 0 Å². The van der Waals surface area contributed by atoms with Crippen molar-refractivity contribution in [1.82, 2.24) is 19.9 Å². The van der Waals surface area contributed by atoms with Crippen LogP contribution in [0.15, 0.2) is 18.2 Å². The first kappa shape index (κ1) is 14.7. The molecule has 0 aliphatic heterocycles. The van der Waals surface area contributed by atoms with Crippen molar-refractivity contribution in [2.75, 3.05) is 10.6 Å². The summed E-state index contributed by atoms with van der Waals surface area (Å²) in [5.74, 6) is -2.50. The van der Waals surface area contributed by atoms with E-state index in [4.69, 9.17) is 18.5 Å². The molecular formula is C14H13ClF6N6. The summed E-state index contributed by atoms with van der Waals surface area (Å²) in [6.07, 6.45) is -10.1. The summed E-state index contributed by atoms with van der Waals surface area (Å²) in [6.45, 7) is -2.93. The number of rotatable bonds is 5. The molecule has 0 aliphatic carbocycles. The number of hydrogen-bond acceptors (Lipinski definition) is 6. The first-order valence-corrected chi connectivity index (χ1v) is 7.34. The summed E-state index contributed by atoms with van der Waals surface area (Å²) in [5.41, 5.74) is -0.374. The molecule has 148 valence electrons. The van der Waals surface area contributed by atoms with Crippen LogP contribution in [0.25, 0.3) is 11.5 Å². The van der Waals surface area contributed by atoms with Gasteiger partial charge in [0.05, 0.1) is 2.74 Å². The van der Waals surface area contributed by atoms with Crippen LogP contribution >= 0.6 is 11.6 Å². The largest absolute Gasteiger partial charge is 0.408 e. The van der Waals surface area contributed by atoms with Crippen molar-refractivity contribution in [3.63, 3.8) is 0 Å². The Hall–Kier alpha value is -2.37. The molecule has 6 nitrogen and oxygen atoms in total. The highest BCUT2D eigenvalue weighted by Crippen LogP contribution is 2.26. The van der Waals surface area contributed by atoms with Crippen LogP contribution in [0.1, 0.15) is 20.6 Å². The molecule has 13 heteroatoms. The fourth-order valence-electron chi connectivity index (χ4n) is 1.55. The Bertz CT molecular complexity index is 949. The van der Waals surface area contributed by atoms with E-state index in [1.54, 1.807) is 5.32 Å². The van der Waals surface area contributed by atoms with E-state index in [0.29, 0.717) is 6.92 Å². The lowest BCUT2D eigenvalue weighted by molar-refractivity contribution is -0.139. The molecule has 27 heavy (non-hydrogen) atoms. The normalized spacial score (nSPS) is 17.7. The van der Waals surface area contributed by atoms with Gasteiger partial charge in [-0.3, -0.25) is 0 Å². The molecular weight excluding hydrogens is 402 g/mol. The van der Waals surface area contributed by atoms with Gasteiger partial charge >= 0.3 is 12.4 Å². The highest BCUT2D eigenvalue weighted by atomic mass is 35.5. The zero-order valence-electron chi connectivity index (χ0n) is 18.2. The minimum absolute atomic E-state index is 0.374. The Labute approximate surface area is 161 Å². The standard InChI is InChI=1S/C14H13ClF6N6/c1-6(13(16,17)18)22-11-25-10(8-4-3-5-9(15)24-8)26-12(27-11)23-7(2)14(19,20)21/h3-7H,1-2H3,(H2,22,23,25,26,27)/t6-,7-/m1/s1/i1D3,3D,5D. The first-order chi connectivity index (χ1) is 14.4. The molecule has 0 amide bonds. The third-order valence-corrected chi connectivity index (χ3v) is 3.08. The van der Waals surface area contributed by atoms with Crippen LogP contribution in [0.3, 0.4) is 0 Å². The molecule has 0 fully saturated rings. The lowest BCUT2D eigenvalue weighted by Gasteiger charge is -2.20. The van der Waals surface area contributed by atoms with E-state index in [1.165, 1.54) is 0 Å². The van der Waals surface area contributed by atoms with Crippen LogP contribution in [0.4, 0.5) is 38.2 Å². The van der Waals surface area contributed by atoms with E-state index in [-0.39, 0.29) is 5.69 Å². The molecule has 2 atom stereocenters. The Morgan fingerprint density at radius 1 is 1.00 bits per heavy atom. The zero-order valence-corrected chi connectivity index (χ0v) is 13.9. The second-order valence-corrected chi connectivity index (χ2v) is 5.39. The average molecular weight is 420 g/mol. The maximum Gasteiger partial charge on any atom is 0.408 e. The quantitative estimate of drug-likeness (QED) is 0.555. The van der Waals surface area contributed by atoms with Gasteiger partial charge in [-0.1, -0.05) is 17.6 Å². The van der Waals surface area contributed by atoms with E-state index in [0.717, 1.165) is 6.07 Å². The Morgan fingerprint density at radius 2 is 1.56 bits per heavy atom. The summed E-state index contributed by atoms with van der Waals surface area (Å²) in [4.78, 5) is 14.3. The van der Waals surface area contributed by atoms with Gasteiger partial charge in [-0.25, -0.2) is 4.98 Å². The SMILES string of the molecule is [2H]c1cc(-c2nc(N[C@H](C([2H])([2H])[2H])C(F)(F)F)nc(N[C@H](C)C(F)(F)F)n2)nc(Cl)c1[2H]. The third-order valence-electron chi connectivity index (χ3n) is 2.90. The van der Waals surface area contributed by atoms with Gasteiger partial charge in [0.15, 0.2) is 5.82 Å². The van der Waals surface area contributed by atoms with Crippen molar-refractivity contribution in [2.45, 2.75) is 38.2 Å². The maximum absolute atomic E-state index is 13.2. The summed E-state index contributed by atoms with van der Waals surface area (Å²) in [6, 6.07) is -5.48. The smallest absolute Gasteiger partial charge is 0.343 e. The number of nitrogens with zero attached hydrogens (tertiary/aromatic N) is 4. The fourth-order valence-corrected chi connectivity index (χ4v) is 1.70. The van der Waals surface area contributed by atoms with Gasteiger partial charge in [0, 0.05) is 4.11 Å². The van der Waals surface area contributed by atoms with Crippen LogP contribution in [-0.4, -0.2) is 44.4 Å². The van der Waals surface area contributed by atoms with E-state index in [2.05, 4.69) is 19.9 Å². The Kier molecular flexibility index (Phi) is 4.18. The van der Waals surface area contributed by atoms with Gasteiger partial charge in [0.25, 0.3) is 0 Å². The fraction of sp³-hybridized carbons (Fsp3) is 0.429. The molecule has 2 aromatic heterocycles. The number of aromatic nitrogens is 4. The molecule has 0 spiro atoms. The topological polar surface area (TPSA) is 75.6 Å². The van der Waals surface area contributed by atoms with Crippen molar-refractivity contribution in [3.8, 4) is 11.5 Å². The number of anilines is 2. The second-order valence-electron chi connectivity index (χ2n) is 5.03. The van der Waals surface area contributed by atoms with E-state index >= 15 is 0 Å². The van der Waals surface area contributed by atoms with Gasteiger partial charge in [-0.2, -0.15) is 41.3 Å². The van der Waals surface area contributed by atoms with Gasteiger partial charge in [-0.05, 0) is 25.9 Å². The number of halogens is 7. The third kappa shape index (κ3) is 5.81. The van der Waals surface area contributed by atoms with Crippen molar-refractivity contribution < 1.29 is 33.2 Å². The maximum atomic E-state index is 13.2.